The molecule has 0 amide bonds. The summed E-state index contributed by atoms with van der Waals surface area (Å²) in [4.78, 5) is 0. The van der Waals surface area contributed by atoms with Gasteiger partial charge >= 0.3 is 0 Å². The fraction of sp³-hybridized carbons (Fsp3) is 0.250. The van der Waals surface area contributed by atoms with Gasteiger partial charge in [0, 0.05) is 5.75 Å². The van der Waals surface area contributed by atoms with Crippen LogP contribution in [0.1, 0.15) is 11.1 Å². The maximum atomic E-state index is 5.92. The zero-order valence-corrected chi connectivity index (χ0v) is 12.6. The van der Waals surface area contributed by atoms with Crippen molar-refractivity contribution in [3.63, 3.8) is 0 Å². The highest BCUT2D eigenvalue weighted by molar-refractivity contribution is 8.16. The zero-order valence-electron chi connectivity index (χ0n) is 11.0. The summed E-state index contributed by atoms with van der Waals surface area (Å²) in [5.74, 6) is 0.987. The average molecular weight is 290 g/mol. The molecule has 3 heteroatoms. The lowest BCUT2D eigenvalue weighted by Crippen LogP contribution is -2.04. The van der Waals surface area contributed by atoms with E-state index in [9.17, 15) is 0 Å². The molecule has 0 aromatic heterocycles. The molecule has 0 N–H and O–H groups in total. The van der Waals surface area contributed by atoms with Gasteiger partial charge < -0.3 is 4.74 Å². The highest BCUT2D eigenvalue weighted by atomic mass is 32.2. The van der Waals surface area contributed by atoms with Crippen molar-refractivity contribution >= 4 is 23.5 Å². The lowest BCUT2D eigenvalue weighted by Gasteiger charge is -2.15. The summed E-state index contributed by atoms with van der Waals surface area (Å²) >= 11 is 3.58. The number of thioether (sulfide) groups is 2. The van der Waals surface area contributed by atoms with Crippen LogP contribution in [-0.4, -0.2) is 11.0 Å². The zero-order chi connectivity index (χ0) is 13.3. The van der Waals surface area contributed by atoms with E-state index in [0.717, 1.165) is 5.75 Å². The molecule has 1 unspecified atom stereocenters. The second kappa shape index (κ2) is 8.31. The van der Waals surface area contributed by atoms with Crippen molar-refractivity contribution in [2.24, 2.45) is 0 Å². The maximum absolute atomic E-state index is 5.92. The van der Waals surface area contributed by atoms with Crippen LogP contribution in [0.15, 0.2) is 60.7 Å². The fourth-order valence-electron chi connectivity index (χ4n) is 1.66. The number of rotatable bonds is 7. The van der Waals surface area contributed by atoms with Crippen molar-refractivity contribution in [3.8, 4) is 0 Å². The standard InChI is InChI=1S/C16H18OS2/c1-18-16(17-12-14-8-4-2-5-9-14)19-13-15-10-6-3-7-11-15/h2-11,16H,12-13H2,1H3. The summed E-state index contributed by atoms with van der Waals surface area (Å²) < 4.78 is 6.11. The van der Waals surface area contributed by atoms with Crippen molar-refractivity contribution in [2.75, 3.05) is 6.26 Å². The van der Waals surface area contributed by atoms with Gasteiger partial charge in [-0.15, -0.1) is 23.5 Å². The maximum Gasteiger partial charge on any atom is 0.150 e. The smallest absolute Gasteiger partial charge is 0.150 e. The summed E-state index contributed by atoms with van der Waals surface area (Å²) in [6, 6.07) is 20.8. The Kier molecular flexibility index (Phi) is 6.34. The van der Waals surface area contributed by atoms with Crippen molar-refractivity contribution in [1.82, 2.24) is 0 Å². The first kappa shape index (κ1) is 14.5. The predicted molar refractivity (Wildman–Crippen MR) is 86.3 cm³/mol. The van der Waals surface area contributed by atoms with Gasteiger partial charge in [-0.1, -0.05) is 60.7 Å². The van der Waals surface area contributed by atoms with E-state index in [-0.39, 0.29) is 4.77 Å². The van der Waals surface area contributed by atoms with Gasteiger partial charge in [0.05, 0.1) is 6.61 Å². The molecule has 0 radical (unpaired) electrons. The number of ether oxygens (including phenoxy) is 1. The minimum Gasteiger partial charge on any atom is -0.353 e. The SMILES string of the molecule is CSC(OCc1ccccc1)SCc1ccccc1. The lowest BCUT2D eigenvalue weighted by molar-refractivity contribution is 0.149. The molecule has 2 aromatic carbocycles. The summed E-state index contributed by atoms with van der Waals surface area (Å²) in [6.07, 6.45) is 2.09. The molecule has 1 atom stereocenters. The Labute approximate surface area is 123 Å². The Morgan fingerprint density at radius 2 is 1.47 bits per heavy atom. The number of benzene rings is 2. The summed E-state index contributed by atoms with van der Waals surface area (Å²) in [5, 5.41) is 0. The van der Waals surface area contributed by atoms with E-state index in [1.807, 2.05) is 36.0 Å². The molecule has 0 aliphatic rings. The third-order valence-electron chi connectivity index (χ3n) is 2.65. The lowest BCUT2D eigenvalue weighted by atomic mass is 10.2. The van der Waals surface area contributed by atoms with Crippen LogP contribution >= 0.6 is 23.5 Å². The van der Waals surface area contributed by atoms with Crippen molar-refractivity contribution in [3.05, 3.63) is 71.8 Å². The molecule has 0 heterocycles. The van der Waals surface area contributed by atoms with E-state index < -0.39 is 0 Å². The van der Waals surface area contributed by atoms with Gasteiger partial charge in [-0.3, -0.25) is 0 Å². The van der Waals surface area contributed by atoms with E-state index in [0.29, 0.717) is 6.61 Å². The topological polar surface area (TPSA) is 9.23 Å². The molecule has 0 saturated heterocycles. The van der Waals surface area contributed by atoms with Crippen LogP contribution in [-0.2, 0) is 17.1 Å². The van der Waals surface area contributed by atoms with Gasteiger partial charge in [-0.05, 0) is 17.4 Å². The molecule has 100 valence electrons. The van der Waals surface area contributed by atoms with E-state index in [2.05, 4.69) is 42.7 Å². The van der Waals surface area contributed by atoms with Gasteiger partial charge in [-0.25, -0.2) is 0 Å². The summed E-state index contributed by atoms with van der Waals surface area (Å²) in [7, 11) is 0. The number of hydrogen-bond acceptors (Lipinski definition) is 3. The highest BCUT2D eigenvalue weighted by Gasteiger charge is 2.08. The van der Waals surface area contributed by atoms with Crippen LogP contribution < -0.4 is 0 Å². The quantitative estimate of drug-likeness (QED) is 0.679. The van der Waals surface area contributed by atoms with Gasteiger partial charge in [-0.2, -0.15) is 0 Å². The van der Waals surface area contributed by atoms with E-state index in [1.165, 1.54) is 11.1 Å². The monoisotopic (exact) mass is 290 g/mol. The fourth-order valence-corrected chi connectivity index (χ4v) is 3.30. The molecule has 2 aromatic rings. The van der Waals surface area contributed by atoms with Crippen LogP contribution in [0.5, 0.6) is 0 Å². The first-order valence-electron chi connectivity index (χ1n) is 6.22. The van der Waals surface area contributed by atoms with E-state index in [1.54, 1.807) is 11.8 Å². The van der Waals surface area contributed by atoms with Crippen molar-refractivity contribution in [2.45, 2.75) is 17.1 Å². The summed E-state index contributed by atoms with van der Waals surface area (Å²) in [5.41, 5.74) is 2.57. The minimum atomic E-state index is 0.181. The second-order valence-corrected chi connectivity index (χ2v) is 6.37. The van der Waals surface area contributed by atoms with Crippen LogP contribution in [0.25, 0.3) is 0 Å². The first-order chi connectivity index (χ1) is 9.38. The molecule has 1 nitrogen and oxygen atoms in total. The van der Waals surface area contributed by atoms with Crippen LogP contribution in [0, 0.1) is 0 Å². The Balaban J connectivity index is 1.77. The van der Waals surface area contributed by atoms with Crippen molar-refractivity contribution < 1.29 is 4.74 Å². The minimum absolute atomic E-state index is 0.181. The number of hydrogen-bond donors (Lipinski definition) is 0. The Hall–Kier alpha value is -0.900. The molecule has 0 bridgehead atoms. The highest BCUT2D eigenvalue weighted by Crippen LogP contribution is 2.27. The van der Waals surface area contributed by atoms with E-state index >= 15 is 0 Å². The summed E-state index contributed by atoms with van der Waals surface area (Å²) in [6.45, 7) is 0.675. The first-order valence-corrected chi connectivity index (χ1v) is 8.56. The molecular weight excluding hydrogens is 272 g/mol. The van der Waals surface area contributed by atoms with Crippen LogP contribution in [0.4, 0.5) is 0 Å². The third kappa shape index (κ3) is 5.31. The average Bonchev–Trinajstić information content (AvgIpc) is 2.49. The Morgan fingerprint density at radius 3 is 2.05 bits per heavy atom. The molecule has 0 saturated carbocycles. The normalized spacial score (nSPS) is 12.3. The van der Waals surface area contributed by atoms with E-state index in [4.69, 9.17) is 4.74 Å². The van der Waals surface area contributed by atoms with Gasteiger partial charge in [0.2, 0.25) is 0 Å². The largest absolute Gasteiger partial charge is 0.353 e. The molecule has 0 aliphatic heterocycles. The molecule has 19 heavy (non-hydrogen) atoms. The van der Waals surface area contributed by atoms with Crippen LogP contribution in [0.3, 0.4) is 0 Å². The molecule has 2 rings (SSSR count). The second-order valence-electron chi connectivity index (χ2n) is 4.12. The Morgan fingerprint density at radius 1 is 0.895 bits per heavy atom. The van der Waals surface area contributed by atoms with Crippen LogP contribution in [0.2, 0.25) is 0 Å². The van der Waals surface area contributed by atoms with Crippen molar-refractivity contribution in [1.29, 1.82) is 0 Å². The van der Waals surface area contributed by atoms with Gasteiger partial charge in [0.25, 0.3) is 0 Å². The Bertz CT molecular complexity index is 415. The molecule has 0 spiro atoms. The molecule has 0 fully saturated rings. The molecular formula is C16H18OS2. The van der Waals surface area contributed by atoms with Gasteiger partial charge in [0.15, 0.2) is 0 Å². The molecule has 0 aliphatic carbocycles. The van der Waals surface area contributed by atoms with Gasteiger partial charge in [0.1, 0.15) is 4.77 Å². The third-order valence-corrected chi connectivity index (χ3v) is 5.07. The predicted octanol–water partition coefficient (Wildman–Crippen LogP) is 4.78.